The molecule has 1 fully saturated rings. The maximum atomic E-state index is 8.85. The van der Waals surface area contributed by atoms with E-state index < -0.39 is 0 Å². The van der Waals surface area contributed by atoms with Crippen molar-refractivity contribution in [3.05, 3.63) is 0 Å². The first-order valence-electron chi connectivity index (χ1n) is 6.26. The molecule has 0 aromatic carbocycles. The van der Waals surface area contributed by atoms with Gasteiger partial charge in [-0.1, -0.05) is 13.8 Å². The first-order valence-corrected chi connectivity index (χ1v) is 7.20. The van der Waals surface area contributed by atoms with Crippen LogP contribution in [0.15, 0.2) is 0 Å². The molecule has 0 saturated heterocycles. The molecule has 3 unspecified atom stereocenters. The average Bonchev–Trinajstić information content (AvgIpc) is 2.63. The molecule has 3 heteroatoms. The highest BCUT2D eigenvalue weighted by molar-refractivity contribution is 8.00. The zero-order chi connectivity index (χ0) is 11.1. The molecule has 2 nitrogen and oxygen atoms in total. The summed E-state index contributed by atoms with van der Waals surface area (Å²) in [5.41, 5.74) is 0. The molecular formula is C12H25NOS. The molecule has 1 saturated carbocycles. The fraction of sp³-hybridized carbons (Fsp3) is 1.00. The van der Waals surface area contributed by atoms with Crippen LogP contribution in [-0.4, -0.2) is 34.8 Å². The maximum absolute atomic E-state index is 8.85. The molecule has 0 aliphatic heterocycles. The highest BCUT2D eigenvalue weighted by Crippen LogP contribution is 2.33. The first-order chi connectivity index (χ1) is 7.26. The highest BCUT2D eigenvalue weighted by atomic mass is 32.2. The molecule has 0 amide bonds. The minimum Gasteiger partial charge on any atom is -0.396 e. The van der Waals surface area contributed by atoms with Crippen molar-refractivity contribution >= 4 is 11.8 Å². The molecule has 0 spiro atoms. The van der Waals surface area contributed by atoms with Gasteiger partial charge in [-0.25, -0.2) is 0 Å². The van der Waals surface area contributed by atoms with E-state index in [2.05, 4.69) is 30.9 Å². The lowest BCUT2D eigenvalue weighted by atomic mass is 10.2. The maximum Gasteiger partial charge on any atom is 0.0441 e. The molecule has 0 aromatic rings. The Balaban J connectivity index is 2.12. The third kappa shape index (κ3) is 5.23. The largest absolute Gasteiger partial charge is 0.396 e. The normalized spacial score (nSPS) is 28.2. The van der Waals surface area contributed by atoms with Crippen molar-refractivity contribution in [2.45, 2.75) is 62.5 Å². The van der Waals surface area contributed by atoms with Gasteiger partial charge in [0, 0.05) is 23.1 Å². The van der Waals surface area contributed by atoms with Crippen LogP contribution in [0.4, 0.5) is 0 Å². The van der Waals surface area contributed by atoms with E-state index in [1.54, 1.807) is 0 Å². The van der Waals surface area contributed by atoms with E-state index in [-0.39, 0.29) is 0 Å². The summed E-state index contributed by atoms with van der Waals surface area (Å²) in [7, 11) is 0. The number of nitrogens with one attached hydrogen (secondary N) is 1. The minimum absolute atomic E-state index is 0.332. The standard InChI is InChI=1S/C12H25NOS/c1-3-7-13-11-4-5-12(9-11)15-10(2)6-8-14/h10-14H,3-9H2,1-2H3. The van der Waals surface area contributed by atoms with Gasteiger partial charge in [0.2, 0.25) is 0 Å². The lowest BCUT2D eigenvalue weighted by Gasteiger charge is -2.16. The number of thioether (sulfide) groups is 1. The Bertz CT molecular complexity index is 166. The highest BCUT2D eigenvalue weighted by Gasteiger charge is 2.25. The van der Waals surface area contributed by atoms with E-state index in [0.29, 0.717) is 11.9 Å². The summed E-state index contributed by atoms with van der Waals surface area (Å²) in [6.45, 7) is 5.94. The van der Waals surface area contributed by atoms with Crippen molar-refractivity contribution in [3.8, 4) is 0 Å². The third-order valence-electron chi connectivity index (χ3n) is 3.03. The number of rotatable bonds is 7. The molecule has 2 N–H and O–H groups in total. The van der Waals surface area contributed by atoms with Crippen LogP contribution in [0.3, 0.4) is 0 Å². The average molecular weight is 231 g/mol. The number of hydrogen-bond donors (Lipinski definition) is 2. The van der Waals surface area contributed by atoms with E-state index in [9.17, 15) is 0 Å². The van der Waals surface area contributed by atoms with Gasteiger partial charge >= 0.3 is 0 Å². The summed E-state index contributed by atoms with van der Waals surface area (Å²) in [5, 5.41) is 13.9. The number of aliphatic hydroxyl groups is 1. The molecule has 15 heavy (non-hydrogen) atoms. The number of hydrogen-bond acceptors (Lipinski definition) is 3. The summed E-state index contributed by atoms with van der Waals surface area (Å²) in [6, 6.07) is 0.753. The molecule has 0 heterocycles. The van der Waals surface area contributed by atoms with E-state index in [1.165, 1.54) is 25.7 Å². The van der Waals surface area contributed by atoms with E-state index in [1.807, 2.05) is 0 Å². The Kier molecular flexibility index (Phi) is 6.69. The Labute approximate surface area is 98.2 Å². The lowest BCUT2D eigenvalue weighted by molar-refractivity contribution is 0.289. The summed E-state index contributed by atoms with van der Waals surface area (Å²) in [5.74, 6) is 0. The van der Waals surface area contributed by atoms with Gasteiger partial charge in [-0.15, -0.1) is 0 Å². The predicted molar refractivity (Wildman–Crippen MR) is 68.5 cm³/mol. The van der Waals surface area contributed by atoms with Crippen molar-refractivity contribution in [1.29, 1.82) is 0 Å². The van der Waals surface area contributed by atoms with Crippen LogP contribution in [-0.2, 0) is 0 Å². The van der Waals surface area contributed by atoms with Gasteiger partial charge in [0.1, 0.15) is 0 Å². The van der Waals surface area contributed by atoms with Crippen LogP contribution in [0.5, 0.6) is 0 Å². The number of aliphatic hydroxyl groups excluding tert-OH is 1. The van der Waals surface area contributed by atoms with Gasteiger partial charge in [0.25, 0.3) is 0 Å². The second-order valence-electron chi connectivity index (χ2n) is 4.55. The summed E-state index contributed by atoms with van der Waals surface area (Å²) in [6.07, 6.45) is 6.18. The van der Waals surface area contributed by atoms with E-state index in [0.717, 1.165) is 24.3 Å². The summed E-state index contributed by atoms with van der Waals surface area (Å²) in [4.78, 5) is 0. The molecule has 90 valence electrons. The molecule has 0 aromatic heterocycles. The molecule has 0 bridgehead atoms. The van der Waals surface area contributed by atoms with Crippen molar-refractivity contribution in [2.24, 2.45) is 0 Å². The van der Waals surface area contributed by atoms with Gasteiger partial charge in [-0.3, -0.25) is 0 Å². The second-order valence-corrected chi connectivity index (χ2v) is 6.29. The Morgan fingerprint density at radius 3 is 2.93 bits per heavy atom. The summed E-state index contributed by atoms with van der Waals surface area (Å²) < 4.78 is 0. The van der Waals surface area contributed by atoms with Gasteiger partial charge < -0.3 is 10.4 Å². The van der Waals surface area contributed by atoms with Crippen LogP contribution in [0, 0.1) is 0 Å². The van der Waals surface area contributed by atoms with E-state index in [4.69, 9.17) is 5.11 Å². The third-order valence-corrected chi connectivity index (χ3v) is 4.54. The van der Waals surface area contributed by atoms with Crippen LogP contribution in [0.2, 0.25) is 0 Å². The topological polar surface area (TPSA) is 32.3 Å². The molecule has 0 radical (unpaired) electrons. The zero-order valence-electron chi connectivity index (χ0n) is 10.0. The Morgan fingerprint density at radius 1 is 1.47 bits per heavy atom. The van der Waals surface area contributed by atoms with Crippen molar-refractivity contribution in [2.75, 3.05) is 13.2 Å². The second kappa shape index (κ2) is 7.53. The van der Waals surface area contributed by atoms with Crippen molar-refractivity contribution in [1.82, 2.24) is 5.32 Å². The van der Waals surface area contributed by atoms with Crippen molar-refractivity contribution in [3.63, 3.8) is 0 Å². The zero-order valence-corrected chi connectivity index (χ0v) is 10.9. The minimum atomic E-state index is 0.332. The fourth-order valence-electron chi connectivity index (χ4n) is 2.18. The van der Waals surface area contributed by atoms with Crippen molar-refractivity contribution < 1.29 is 5.11 Å². The lowest BCUT2D eigenvalue weighted by Crippen LogP contribution is -2.27. The van der Waals surface area contributed by atoms with Crippen LogP contribution in [0.25, 0.3) is 0 Å². The van der Waals surface area contributed by atoms with Gasteiger partial charge in [0.15, 0.2) is 0 Å². The molecule has 1 aliphatic rings. The van der Waals surface area contributed by atoms with E-state index >= 15 is 0 Å². The monoisotopic (exact) mass is 231 g/mol. The van der Waals surface area contributed by atoms with Crippen LogP contribution in [0.1, 0.15) is 46.0 Å². The smallest absolute Gasteiger partial charge is 0.0441 e. The van der Waals surface area contributed by atoms with Crippen LogP contribution < -0.4 is 5.32 Å². The molecule has 3 atom stereocenters. The SMILES string of the molecule is CCCNC1CCC(SC(C)CCO)C1. The van der Waals surface area contributed by atoms with Gasteiger partial charge in [-0.2, -0.15) is 11.8 Å². The Morgan fingerprint density at radius 2 is 2.27 bits per heavy atom. The van der Waals surface area contributed by atoms with Crippen LogP contribution >= 0.6 is 11.8 Å². The molecular weight excluding hydrogens is 206 g/mol. The van der Waals surface area contributed by atoms with Gasteiger partial charge in [-0.05, 0) is 38.6 Å². The quantitative estimate of drug-likeness (QED) is 0.706. The van der Waals surface area contributed by atoms with Gasteiger partial charge in [0.05, 0.1) is 0 Å². The Hall–Kier alpha value is 0.270. The predicted octanol–water partition coefficient (Wildman–Crippen LogP) is 2.41. The summed E-state index contributed by atoms with van der Waals surface area (Å²) >= 11 is 2.07. The fourth-order valence-corrected chi connectivity index (χ4v) is 3.69. The first kappa shape index (κ1) is 13.3. The molecule has 1 rings (SSSR count). The molecule has 1 aliphatic carbocycles.